The van der Waals surface area contributed by atoms with Crippen molar-refractivity contribution in [1.82, 2.24) is 5.32 Å². The van der Waals surface area contributed by atoms with Crippen molar-refractivity contribution in [2.75, 3.05) is 14.2 Å². The highest BCUT2D eigenvalue weighted by Gasteiger charge is 2.32. The Kier molecular flexibility index (Phi) is 4.22. The van der Waals surface area contributed by atoms with Crippen molar-refractivity contribution in [3.63, 3.8) is 0 Å². The fraction of sp³-hybridized carbons (Fsp3) is 0.267. The molecule has 0 aliphatic heterocycles. The highest BCUT2D eigenvalue weighted by atomic mass is 16.5. The minimum absolute atomic E-state index is 0.237. The van der Waals surface area contributed by atoms with Crippen molar-refractivity contribution in [2.24, 2.45) is 5.73 Å². The first-order valence-corrected chi connectivity index (χ1v) is 6.24. The molecule has 106 valence electrons. The lowest BCUT2D eigenvalue weighted by Crippen LogP contribution is -2.49. The van der Waals surface area contributed by atoms with Crippen LogP contribution in [0, 0.1) is 0 Å². The quantitative estimate of drug-likeness (QED) is 0.639. The molecule has 0 saturated carbocycles. The largest absolute Gasteiger partial charge is 0.499 e. The molecule has 5 heteroatoms. The van der Waals surface area contributed by atoms with Crippen LogP contribution in [0.25, 0.3) is 0 Å². The van der Waals surface area contributed by atoms with Gasteiger partial charge in [-0.1, -0.05) is 24.3 Å². The van der Waals surface area contributed by atoms with E-state index in [4.69, 9.17) is 15.2 Å². The second-order valence-corrected chi connectivity index (χ2v) is 4.45. The van der Waals surface area contributed by atoms with Gasteiger partial charge in [0.1, 0.15) is 5.76 Å². The van der Waals surface area contributed by atoms with Gasteiger partial charge in [-0.15, -0.1) is 0 Å². The van der Waals surface area contributed by atoms with Gasteiger partial charge < -0.3 is 20.5 Å². The lowest BCUT2D eigenvalue weighted by atomic mass is 10.0. The fourth-order valence-corrected chi connectivity index (χ4v) is 1.99. The maximum absolute atomic E-state index is 12.2. The van der Waals surface area contributed by atoms with E-state index in [0.29, 0.717) is 11.3 Å². The van der Waals surface area contributed by atoms with E-state index in [0.717, 1.165) is 0 Å². The first-order chi connectivity index (χ1) is 9.60. The highest BCUT2D eigenvalue weighted by Crippen LogP contribution is 2.21. The van der Waals surface area contributed by atoms with E-state index in [2.05, 4.69) is 5.32 Å². The first kappa shape index (κ1) is 14.3. The van der Waals surface area contributed by atoms with Crippen LogP contribution in [0.5, 0.6) is 0 Å². The summed E-state index contributed by atoms with van der Waals surface area (Å²) in [6.07, 6.45) is 5.10. The number of hydrogen-bond donors (Lipinski definition) is 2. The monoisotopic (exact) mass is 274 g/mol. The molecular formula is C15H18N2O3. The van der Waals surface area contributed by atoms with Crippen LogP contribution < -0.4 is 11.1 Å². The Bertz CT molecular complexity index is 539. The van der Waals surface area contributed by atoms with Gasteiger partial charge in [0.2, 0.25) is 0 Å². The van der Waals surface area contributed by atoms with E-state index in [-0.39, 0.29) is 11.9 Å². The molecule has 0 spiro atoms. The summed E-state index contributed by atoms with van der Waals surface area (Å²) in [5.41, 5.74) is 5.37. The summed E-state index contributed by atoms with van der Waals surface area (Å²) in [4.78, 5) is 12.2. The van der Waals surface area contributed by atoms with Crippen LogP contribution in [0.3, 0.4) is 0 Å². The maximum atomic E-state index is 12.2. The fourth-order valence-electron chi connectivity index (χ4n) is 1.99. The standard InChI is InChI=1S/C15H18N2O3/c1-19-13-10-15(20-2,9-8-12(13)16)17-14(18)11-6-4-3-5-7-11/h3-10,12H,16H2,1-2H3,(H,17,18). The average Bonchev–Trinajstić information content (AvgIpc) is 2.50. The molecule has 0 fully saturated rings. The van der Waals surface area contributed by atoms with Gasteiger partial charge in [0.05, 0.1) is 13.2 Å². The lowest BCUT2D eigenvalue weighted by molar-refractivity contribution is 0.0337. The zero-order valence-corrected chi connectivity index (χ0v) is 11.5. The smallest absolute Gasteiger partial charge is 0.253 e. The van der Waals surface area contributed by atoms with Gasteiger partial charge in [-0.2, -0.15) is 0 Å². The first-order valence-electron chi connectivity index (χ1n) is 6.24. The number of carbonyl (C=O) groups is 1. The number of benzene rings is 1. The Hall–Kier alpha value is -2.11. The molecule has 1 amide bonds. The Morgan fingerprint density at radius 3 is 2.60 bits per heavy atom. The van der Waals surface area contributed by atoms with Gasteiger partial charge in [-0.3, -0.25) is 4.79 Å². The van der Waals surface area contributed by atoms with Crippen molar-refractivity contribution in [2.45, 2.75) is 11.8 Å². The van der Waals surface area contributed by atoms with Gasteiger partial charge in [0.15, 0.2) is 5.72 Å². The van der Waals surface area contributed by atoms with Gasteiger partial charge in [-0.05, 0) is 18.2 Å². The minimum atomic E-state index is -1.05. The molecule has 2 unspecified atom stereocenters. The number of hydrogen-bond acceptors (Lipinski definition) is 4. The van der Waals surface area contributed by atoms with Crippen molar-refractivity contribution >= 4 is 5.91 Å². The Morgan fingerprint density at radius 2 is 2.00 bits per heavy atom. The topological polar surface area (TPSA) is 73.6 Å². The van der Waals surface area contributed by atoms with Crippen molar-refractivity contribution in [1.29, 1.82) is 0 Å². The second-order valence-electron chi connectivity index (χ2n) is 4.45. The van der Waals surface area contributed by atoms with Crippen molar-refractivity contribution in [3.8, 4) is 0 Å². The number of methoxy groups -OCH3 is 2. The number of carbonyl (C=O) groups excluding carboxylic acids is 1. The zero-order valence-electron chi connectivity index (χ0n) is 11.5. The van der Waals surface area contributed by atoms with E-state index < -0.39 is 5.72 Å². The highest BCUT2D eigenvalue weighted by molar-refractivity contribution is 5.94. The molecule has 3 N–H and O–H groups in total. The van der Waals surface area contributed by atoms with Gasteiger partial charge >= 0.3 is 0 Å². The molecule has 20 heavy (non-hydrogen) atoms. The molecule has 0 aromatic heterocycles. The normalized spacial score (nSPS) is 24.9. The molecule has 5 nitrogen and oxygen atoms in total. The Labute approximate surface area is 118 Å². The molecule has 2 rings (SSSR count). The third-order valence-electron chi connectivity index (χ3n) is 3.15. The third kappa shape index (κ3) is 2.89. The predicted molar refractivity (Wildman–Crippen MR) is 75.9 cm³/mol. The van der Waals surface area contributed by atoms with Gasteiger partial charge in [0, 0.05) is 18.7 Å². The zero-order chi connectivity index (χ0) is 14.6. The van der Waals surface area contributed by atoms with Crippen LogP contribution >= 0.6 is 0 Å². The number of amides is 1. The van der Waals surface area contributed by atoms with Crippen LogP contribution in [-0.4, -0.2) is 31.9 Å². The predicted octanol–water partition coefficient (Wildman–Crippen LogP) is 1.19. The SMILES string of the molecule is COC1=CC(NC(=O)c2ccccc2)(OC)C=CC1N. The van der Waals surface area contributed by atoms with E-state index in [9.17, 15) is 4.79 Å². The summed E-state index contributed by atoms with van der Waals surface area (Å²) in [5, 5.41) is 2.82. The van der Waals surface area contributed by atoms with Gasteiger partial charge in [0.25, 0.3) is 5.91 Å². The summed E-state index contributed by atoms with van der Waals surface area (Å²) in [6, 6.07) is 8.59. The van der Waals surface area contributed by atoms with E-state index in [1.807, 2.05) is 6.07 Å². The molecule has 1 aliphatic rings. The summed E-state index contributed by atoms with van der Waals surface area (Å²) >= 11 is 0. The van der Waals surface area contributed by atoms with Crippen LogP contribution in [-0.2, 0) is 9.47 Å². The summed E-state index contributed by atoms with van der Waals surface area (Å²) in [5.74, 6) is 0.307. The molecule has 1 aliphatic carbocycles. The molecule has 1 aromatic carbocycles. The molecular weight excluding hydrogens is 256 g/mol. The average molecular weight is 274 g/mol. The number of nitrogens with one attached hydrogen (secondary N) is 1. The summed E-state index contributed by atoms with van der Waals surface area (Å²) in [7, 11) is 3.04. The van der Waals surface area contributed by atoms with E-state index >= 15 is 0 Å². The maximum Gasteiger partial charge on any atom is 0.253 e. The lowest BCUT2D eigenvalue weighted by Gasteiger charge is -2.31. The van der Waals surface area contributed by atoms with Crippen LogP contribution in [0.2, 0.25) is 0 Å². The van der Waals surface area contributed by atoms with Crippen LogP contribution in [0.15, 0.2) is 54.3 Å². The molecule has 1 aromatic rings. The minimum Gasteiger partial charge on any atom is -0.499 e. The number of rotatable bonds is 4. The summed E-state index contributed by atoms with van der Waals surface area (Å²) < 4.78 is 10.6. The van der Waals surface area contributed by atoms with E-state index in [1.165, 1.54) is 14.2 Å². The Morgan fingerprint density at radius 1 is 1.30 bits per heavy atom. The summed E-state index contributed by atoms with van der Waals surface area (Å²) in [6.45, 7) is 0. The number of ether oxygens (including phenoxy) is 2. The molecule has 0 radical (unpaired) electrons. The number of nitrogens with two attached hydrogens (primary N) is 1. The van der Waals surface area contributed by atoms with Crippen LogP contribution in [0.4, 0.5) is 0 Å². The molecule has 0 heterocycles. The molecule has 0 saturated heterocycles. The van der Waals surface area contributed by atoms with Gasteiger partial charge in [-0.25, -0.2) is 0 Å². The third-order valence-corrected chi connectivity index (χ3v) is 3.15. The van der Waals surface area contributed by atoms with Crippen LogP contribution in [0.1, 0.15) is 10.4 Å². The Balaban J connectivity index is 2.23. The second kappa shape index (κ2) is 5.90. The van der Waals surface area contributed by atoms with Crippen molar-refractivity contribution in [3.05, 3.63) is 59.9 Å². The molecule has 2 atom stereocenters. The van der Waals surface area contributed by atoms with E-state index in [1.54, 1.807) is 42.5 Å². The van der Waals surface area contributed by atoms with Crippen molar-refractivity contribution < 1.29 is 14.3 Å². The molecule has 0 bridgehead atoms.